The Hall–Kier alpha value is -1.87. The van der Waals surface area contributed by atoms with Crippen LogP contribution in [0.5, 0.6) is 0 Å². The Morgan fingerprint density at radius 2 is 1.89 bits per heavy atom. The summed E-state index contributed by atoms with van der Waals surface area (Å²) in [4.78, 5) is 6.56. The lowest BCUT2D eigenvalue weighted by molar-refractivity contribution is 0.816. The Morgan fingerprint density at radius 3 is 2.58 bits per heavy atom. The molecular formula is C16H21N3. The van der Waals surface area contributed by atoms with E-state index in [0.29, 0.717) is 6.54 Å². The van der Waals surface area contributed by atoms with E-state index in [4.69, 9.17) is 5.73 Å². The quantitative estimate of drug-likeness (QED) is 0.892. The molecule has 100 valence electrons. The number of rotatable bonds is 5. The monoisotopic (exact) mass is 255 g/mol. The van der Waals surface area contributed by atoms with Crippen LogP contribution in [0.1, 0.15) is 17.7 Å². The molecule has 3 nitrogen and oxygen atoms in total. The van der Waals surface area contributed by atoms with Gasteiger partial charge in [-0.1, -0.05) is 12.1 Å². The summed E-state index contributed by atoms with van der Waals surface area (Å²) in [7, 11) is 0. The first-order chi connectivity index (χ1) is 9.20. The van der Waals surface area contributed by atoms with Crippen molar-refractivity contribution in [1.82, 2.24) is 4.98 Å². The fraction of sp³-hybridized carbons (Fsp3) is 0.312. The largest absolute Gasteiger partial charge is 0.341 e. The predicted molar refractivity (Wildman–Crippen MR) is 80.8 cm³/mol. The third kappa shape index (κ3) is 3.55. The molecule has 2 rings (SSSR count). The molecule has 0 saturated heterocycles. The van der Waals surface area contributed by atoms with Crippen LogP contribution in [0.3, 0.4) is 0 Å². The molecule has 0 amide bonds. The molecule has 0 aliphatic carbocycles. The van der Waals surface area contributed by atoms with Crippen LogP contribution in [0.15, 0.2) is 42.6 Å². The molecule has 19 heavy (non-hydrogen) atoms. The van der Waals surface area contributed by atoms with Crippen LogP contribution in [0, 0.1) is 13.8 Å². The van der Waals surface area contributed by atoms with E-state index < -0.39 is 0 Å². The molecule has 1 aromatic heterocycles. The maximum Gasteiger partial charge on any atom is 0.0444 e. The van der Waals surface area contributed by atoms with Crippen LogP contribution in [-0.4, -0.2) is 18.1 Å². The van der Waals surface area contributed by atoms with Gasteiger partial charge in [-0.05, 0) is 56.6 Å². The molecule has 2 aromatic rings. The summed E-state index contributed by atoms with van der Waals surface area (Å²) >= 11 is 0. The third-order valence-electron chi connectivity index (χ3n) is 3.09. The van der Waals surface area contributed by atoms with Crippen LogP contribution in [-0.2, 0) is 0 Å². The number of hydrogen-bond acceptors (Lipinski definition) is 3. The van der Waals surface area contributed by atoms with Crippen LogP contribution in [0.2, 0.25) is 0 Å². The maximum absolute atomic E-state index is 5.65. The second-order valence-corrected chi connectivity index (χ2v) is 4.79. The van der Waals surface area contributed by atoms with Gasteiger partial charge < -0.3 is 10.6 Å². The summed E-state index contributed by atoms with van der Waals surface area (Å²) in [6, 6.07) is 12.7. The van der Waals surface area contributed by atoms with Gasteiger partial charge in [-0.25, -0.2) is 0 Å². The Bertz CT molecular complexity index is 492. The molecule has 0 aliphatic rings. The number of aromatic nitrogens is 1. The highest BCUT2D eigenvalue weighted by molar-refractivity contribution is 5.63. The van der Waals surface area contributed by atoms with Gasteiger partial charge in [-0.15, -0.1) is 0 Å². The molecule has 1 aromatic carbocycles. The Balaban J connectivity index is 2.35. The number of nitrogens with zero attached hydrogens (tertiary/aromatic N) is 2. The van der Waals surface area contributed by atoms with Crippen LogP contribution >= 0.6 is 0 Å². The van der Waals surface area contributed by atoms with Gasteiger partial charge in [0.15, 0.2) is 0 Å². The molecule has 0 bridgehead atoms. The van der Waals surface area contributed by atoms with E-state index >= 15 is 0 Å². The molecule has 0 spiro atoms. The highest BCUT2D eigenvalue weighted by Gasteiger charge is 2.09. The van der Waals surface area contributed by atoms with Gasteiger partial charge in [0.25, 0.3) is 0 Å². The van der Waals surface area contributed by atoms with Gasteiger partial charge in [-0.3, -0.25) is 4.98 Å². The number of hydrogen-bond donors (Lipinski definition) is 1. The van der Waals surface area contributed by atoms with Gasteiger partial charge in [-0.2, -0.15) is 0 Å². The van der Waals surface area contributed by atoms with Crippen LogP contribution in [0.25, 0.3) is 0 Å². The lowest BCUT2D eigenvalue weighted by Crippen LogP contribution is -2.21. The standard InChI is InChI=1S/C16H21N3/c1-13-5-3-6-15(11-13)19(10-4-8-17)16-7-9-18-14(2)12-16/h3,5-7,9,11-12H,4,8,10,17H2,1-2H3. The summed E-state index contributed by atoms with van der Waals surface area (Å²) in [5.74, 6) is 0. The van der Waals surface area contributed by atoms with Crippen molar-refractivity contribution < 1.29 is 0 Å². The molecule has 0 fully saturated rings. The molecule has 0 aliphatic heterocycles. The van der Waals surface area contributed by atoms with Crippen molar-refractivity contribution in [2.75, 3.05) is 18.0 Å². The minimum Gasteiger partial charge on any atom is -0.341 e. The van der Waals surface area contributed by atoms with Crippen molar-refractivity contribution in [3.63, 3.8) is 0 Å². The van der Waals surface area contributed by atoms with E-state index in [-0.39, 0.29) is 0 Å². The minimum atomic E-state index is 0.701. The first-order valence-corrected chi connectivity index (χ1v) is 6.67. The Labute approximate surface area is 115 Å². The van der Waals surface area contributed by atoms with Crippen molar-refractivity contribution in [2.24, 2.45) is 5.73 Å². The zero-order chi connectivity index (χ0) is 13.7. The fourth-order valence-corrected chi connectivity index (χ4v) is 2.15. The molecule has 0 unspecified atom stereocenters. The fourth-order valence-electron chi connectivity index (χ4n) is 2.15. The Kier molecular flexibility index (Phi) is 4.53. The van der Waals surface area contributed by atoms with Gasteiger partial charge in [0, 0.05) is 29.8 Å². The van der Waals surface area contributed by atoms with Crippen LogP contribution in [0.4, 0.5) is 11.4 Å². The van der Waals surface area contributed by atoms with Gasteiger partial charge in [0.05, 0.1) is 0 Å². The lowest BCUT2D eigenvalue weighted by atomic mass is 10.2. The van der Waals surface area contributed by atoms with E-state index in [1.165, 1.54) is 16.9 Å². The average Bonchev–Trinajstić information content (AvgIpc) is 2.39. The van der Waals surface area contributed by atoms with E-state index in [2.05, 4.69) is 47.1 Å². The van der Waals surface area contributed by atoms with Crippen molar-refractivity contribution in [3.8, 4) is 0 Å². The van der Waals surface area contributed by atoms with Crippen molar-refractivity contribution in [2.45, 2.75) is 20.3 Å². The maximum atomic E-state index is 5.65. The summed E-state index contributed by atoms with van der Waals surface area (Å²) in [5, 5.41) is 0. The molecule has 3 heteroatoms. The normalized spacial score (nSPS) is 10.5. The average molecular weight is 255 g/mol. The third-order valence-corrected chi connectivity index (χ3v) is 3.09. The highest BCUT2D eigenvalue weighted by atomic mass is 15.1. The molecular weight excluding hydrogens is 234 g/mol. The number of nitrogens with two attached hydrogens (primary N) is 1. The smallest absolute Gasteiger partial charge is 0.0444 e. The molecule has 2 N–H and O–H groups in total. The summed E-state index contributed by atoms with van der Waals surface area (Å²) in [6.45, 7) is 5.75. The number of aryl methyl sites for hydroxylation is 2. The second-order valence-electron chi connectivity index (χ2n) is 4.79. The number of anilines is 2. The van der Waals surface area contributed by atoms with Crippen molar-refractivity contribution >= 4 is 11.4 Å². The second kappa shape index (κ2) is 6.34. The Morgan fingerprint density at radius 1 is 1.11 bits per heavy atom. The molecule has 0 atom stereocenters. The summed E-state index contributed by atoms with van der Waals surface area (Å²) in [6.07, 6.45) is 2.82. The van der Waals surface area contributed by atoms with E-state index in [1.54, 1.807) is 0 Å². The van der Waals surface area contributed by atoms with E-state index in [9.17, 15) is 0 Å². The van der Waals surface area contributed by atoms with Gasteiger partial charge in [0.1, 0.15) is 0 Å². The highest BCUT2D eigenvalue weighted by Crippen LogP contribution is 2.26. The summed E-state index contributed by atoms with van der Waals surface area (Å²) < 4.78 is 0. The first kappa shape index (κ1) is 13.6. The van der Waals surface area contributed by atoms with Crippen molar-refractivity contribution in [1.29, 1.82) is 0 Å². The first-order valence-electron chi connectivity index (χ1n) is 6.67. The molecule has 1 heterocycles. The van der Waals surface area contributed by atoms with Crippen LogP contribution < -0.4 is 10.6 Å². The topological polar surface area (TPSA) is 42.1 Å². The predicted octanol–water partition coefficient (Wildman–Crippen LogP) is 3.19. The van der Waals surface area contributed by atoms with E-state index in [1.807, 2.05) is 19.2 Å². The zero-order valence-electron chi connectivity index (χ0n) is 11.6. The molecule has 0 saturated carbocycles. The van der Waals surface area contributed by atoms with E-state index in [0.717, 1.165) is 18.7 Å². The van der Waals surface area contributed by atoms with Gasteiger partial charge >= 0.3 is 0 Å². The summed E-state index contributed by atoms with van der Waals surface area (Å²) in [5.41, 5.74) is 10.3. The zero-order valence-corrected chi connectivity index (χ0v) is 11.6. The molecule has 0 radical (unpaired) electrons. The minimum absolute atomic E-state index is 0.701. The SMILES string of the molecule is Cc1cccc(N(CCCN)c2ccnc(C)c2)c1. The lowest BCUT2D eigenvalue weighted by Gasteiger charge is -2.25. The number of benzene rings is 1. The number of pyridine rings is 1. The van der Waals surface area contributed by atoms with Gasteiger partial charge in [0.2, 0.25) is 0 Å². The van der Waals surface area contributed by atoms with Crippen molar-refractivity contribution in [3.05, 3.63) is 53.9 Å².